The molecule has 4 atom stereocenters. The highest BCUT2D eigenvalue weighted by Crippen LogP contribution is 2.48. The van der Waals surface area contributed by atoms with Crippen LogP contribution in [0.15, 0.2) is 24.3 Å². The first-order valence-electron chi connectivity index (χ1n) is 10.3. The molecule has 0 heterocycles. The molecule has 0 unspecified atom stereocenters. The van der Waals surface area contributed by atoms with E-state index in [1.54, 1.807) is 0 Å². The molecule has 0 fully saturated rings. The molecular weight excluding hydrogens is 384 g/mol. The normalized spacial score (nSPS) is 26.9. The molecule has 0 bridgehead atoms. The van der Waals surface area contributed by atoms with E-state index >= 15 is 0 Å². The molecule has 0 aliphatic heterocycles. The van der Waals surface area contributed by atoms with Gasteiger partial charge in [-0.3, -0.25) is 0 Å². The first-order valence-corrected chi connectivity index (χ1v) is 16.1. The SMILES string of the molecule is CC(C)(C)[Si](C)(C)O[C@@H]1c2ccccc2[C@@H](O[Si](C)(C)C(C)(C)C)[C@H](O)[C@H]1O. The summed E-state index contributed by atoms with van der Waals surface area (Å²) >= 11 is 0. The zero-order chi connectivity index (χ0) is 21.7. The largest absolute Gasteiger partial charge is 0.407 e. The Morgan fingerprint density at radius 1 is 0.679 bits per heavy atom. The summed E-state index contributed by atoms with van der Waals surface area (Å²) in [7, 11) is -4.27. The summed E-state index contributed by atoms with van der Waals surface area (Å²) in [5.74, 6) is 0. The lowest BCUT2D eigenvalue weighted by Crippen LogP contribution is -2.52. The van der Waals surface area contributed by atoms with Crippen molar-refractivity contribution in [3.8, 4) is 0 Å². The Morgan fingerprint density at radius 2 is 0.964 bits per heavy atom. The number of fused-ring (bicyclic) bond motifs is 1. The summed E-state index contributed by atoms with van der Waals surface area (Å²) in [5.41, 5.74) is 1.88. The van der Waals surface area contributed by atoms with Gasteiger partial charge in [0.2, 0.25) is 0 Å². The molecule has 28 heavy (non-hydrogen) atoms. The summed E-state index contributed by atoms with van der Waals surface area (Å²) < 4.78 is 13.2. The van der Waals surface area contributed by atoms with Crippen molar-refractivity contribution in [3.63, 3.8) is 0 Å². The first kappa shape index (κ1) is 23.8. The fourth-order valence-corrected chi connectivity index (χ4v) is 5.52. The van der Waals surface area contributed by atoms with Crippen LogP contribution >= 0.6 is 0 Å². The molecule has 1 aromatic carbocycles. The number of hydrogen-bond donors (Lipinski definition) is 2. The molecule has 1 aliphatic carbocycles. The summed E-state index contributed by atoms with van der Waals surface area (Å²) in [6.45, 7) is 21.8. The Kier molecular flexibility index (Phi) is 6.48. The highest BCUT2D eigenvalue weighted by atomic mass is 28.4. The Labute approximate surface area is 173 Å². The van der Waals surface area contributed by atoms with Crippen LogP contribution in [0, 0.1) is 0 Å². The molecule has 2 N–H and O–H groups in total. The summed E-state index contributed by atoms with van der Waals surface area (Å²) in [4.78, 5) is 0. The Balaban J connectivity index is 2.46. The van der Waals surface area contributed by atoms with E-state index in [4.69, 9.17) is 8.85 Å². The van der Waals surface area contributed by atoms with Gasteiger partial charge in [-0.1, -0.05) is 65.8 Å². The number of aliphatic hydroxyl groups excluding tert-OH is 2. The number of aliphatic hydroxyl groups is 2. The number of hydrogen-bond acceptors (Lipinski definition) is 4. The standard InChI is InChI=1S/C22H40O4Si2/c1-21(2,3)27(7,8)25-19-15-13-11-12-14-16(15)20(18(24)17(19)23)26-28(9,10)22(4,5)6/h11-14,17-20,23-24H,1-10H3/t17-,18-,19-,20-/m1/s1. The first-order chi connectivity index (χ1) is 12.5. The van der Waals surface area contributed by atoms with E-state index in [0.717, 1.165) is 11.1 Å². The van der Waals surface area contributed by atoms with Crippen LogP contribution in [0.4, 0.5) is 0 Å². The second-order valence-corrected chi connectivity index (χ2v) is 20.7. The second-order valence-electron chi connectivity index (χ2n) is 11.2. The van der Waals surface area contributed by atoms with Crippen molar-refractivity contribution in [2.45, 2.75) is 102 Å². The Hall–Kier alpha value is -0.506. The van der Waals surface area contributed by atoms with Gasteiger partial charge in [0.25, 0.3) is 0 Å². The third-order valence-corrected chi connectivity index (χ3v) is 15.9. The van der Waals surface area contributed by atoms with Crippen molar-refractivity contribution in [2.75, 3.05) is 0 Å². The van der Waals surface area contributed by atoms with Crippen LogP contribution in [0.3, 0.4) is 0 Å². The lowest BCUT2D eigenvalue weighted by molar-refractivity contribution is -0.112. The fraction of sp³-hybridized carbons (Fsp3) is 0.727. The third kappa shape index (κ3) is 4.47. The molecule has 6 heteroatoms. The highest BCUT2D eigenvalue weighted by molar-refractivity contribution is 6.74. The van der Waals surface area contributed by atoms with Gasteiger partial charge in [0.1, 0.15) is 12.2 Å². The smallest absolute Gasteiger partial charge is 0.193 e. The minimum absolute atomic E-state index is 0.0150. The predicted molar refractivity (Wildman–Crippen MR) is 121 cm³/mol. The lowest BCUT2D eigenvalue weighted by Gasteiger charge is -2.48. The van der Waals surface area contributed by atoms with Gasteiger partial charge in [-0.05, 0) is 47.4 Å². The molecule has 1 aromatic rings. The quantitative estimate of drug-likeness (QED) is 0.622. The van der Waals surface area contributed by atoms with Gasteiger partial charge in [-0.2, -0.15) is 0 Å². The van der Waals surface area contributed by atoms with Crippen molar-refractivity contribution < 1.29 is 19.1 Å². The van der Waals surface area contributed by atoms with E-state index in [9.17, 15) is 10.2 Å². The maximum absolute atomic E-state index is 11.1. The van der Waals surface area contributed by atoms with Crippen molar-refractivity contribution in [1.82, 2.24) is 0 Å². The van der Waals surface area contributed by atoms with Crippen LogP contribution in [-0.2, 0) is 8.85 Å². The van der Waals surface area contributed by atoms with Crippen LogP contribution in [-0.4, -0.2) is 39.1 Å². The molecular formula is C22H40O4Si2. The molecule has 4 nitrogen and oxygen atoms in total. The number of rotatable bonds is 4. The molecule has 0 saturated carbocycles. The van der Waals surface area contributed by atoms with Crippen LogP contribution in [0.25, 0.3) is 0 Å². The van der Waals surface area contributed by atoms with E-state index in [2.05, 4.69) is 67.7 Å². The average Bonchev–Trinajstić information content (AvgIpc) is 2.53. The van der Waals surface area contributed by atoms with Crippen LogP contribution in [0.5, 0.6) is 0 Å². The molecule has 160 valence electrons. The van der Waals surface area contributed by atoms with E-state index in [0.29, 0.717) is 0 Å². The average molecular weight is 425 g/mol. The topological polar surface area (TPSA) is 58.9 Å². The summed E-state index contributed by atoms with van der Waals surface area (Å²) in [6.07, 6.45) is -3.10. The fourth-order valence-electron chi connectivity index (χ4n) is 3.01. The van der Waals surface area contributed by atoms with Crippen molar-refractivity contribution in [3.05, 3.63) is 35.4 Å². The van der Waals surface area contributed by atoms with Gasteiger partial charge in [0.15, 0.2) is 16.6 Å². The van der Waals surface area contributed by atoms with Crippen LogP contribution in [0.2, 0.25) is 36.3 Å². The second kappa shape index (κ2) is 7.63. The maximum atomic E-state index is 11.1. The van der Waals surface area contributed by atoms with Gasteiger partial charge in [0, 0.05) is 0 Å². The zero-order valence-electron chi connectivity index (χ0n) is 19.3. The van der Waals surface area contributed by atoms with E-state index < -0.39 is 41.1 Å². The zero-order valence-corrected chi connectivity index (χ0v) is 21.3. The maximum Gasteiger partial charge on any atom is 0.193 e. The predicted octanol–water partition coefficient (Wildman–Crippen LogP) is 5.55. The minimum atomic E-state index is -2.13. The summed E-state index contributed by atoms with van der Waals surface area (Å²) in [6, 6.07) is 7.94. The van der Waals surface area contributed by atoms with E-state index in [-0.39, 0.29) is 10.1 Å². The highest BCUT2D eigenvalue weighted by Gasteiger charge is 2.50. The van der Waals surface area contributed by atoms with Crippen LogP contribution < -0.4 is 0 Å². The molecule has 2 rings (SSSR count). The van der Waals surface area contributed by atoms with Gasteiger partial charge >= 0.3 is 0 Å². The van der Waals surface area contributed by atoms with E-state index in [1.807, 2.05) is 24.3 Å². The minimum Gasteiger partial charge on any atom is -0.407 e. The van der Waals surface area contributed by atoms with Gasteiger partial charge in [0.05, 0.1) is 12.2 Å². The van der Waals surface area contributed by atoms with Gasteiger partial charge in [-0.25, -0.2) is 0 Å². The molecule has 0 amide bonds. The molecule has 0 spiro atoms. The molecule has 0 radical (unpaired) electrons. The molecule has 1 aliphatic rings. The number of benzene rings is 1. The van der Waals surface area contributed by atoms with Crippen molar-refractivity contribution in [2.24, 2.45) is 0 Å². The van der Waals surface area contributed by atoms with Gasteiger partial charge in [-0.15, -0.1) is 0 Å². The molecule has 0 saturated heterocycles. The van der Waals surface area contributed by atoms with Crippen molar-refractivity contribution in [1.29, 1.82) is 0 Å². The molecule has 0 aromatic heterocycles. The van der Waals surface area contributed by atoms with Gasteiger partial charge < -0.3 is 19.1 Å². The van der Waals surface area contributed by atoms with Crippen LogP contribution in [0.1, 0.15) is 64.9 Å². The Bertz CT molecular complexity index is 630. The van der Waals surface area contributed by atoms with E-state index in [1.165, 1.54) is 0 Å². The monoisotopic (exact) mass is 424 g/mol. The third-order valence-electron chi connectivity index (χ3n) is 7.03. The Morgan fingerprint density at radius 3 is 1.21 bits per heavy atom. The lowest BCUT2D eigenvalue weighted by atomic mass is 9.83. The summed E-state index contributed by atoms with van der Waals surface area (Å²) in [5, 5.41) is 22.2. The van der Waals surface area contributed by atoms with Crippen molar-refractivity contribution >= 4 is 16.6 Å².